The van der Waals surface area contributed by atoms with E-state index in [9.17, 15) is 9.18 Å². The number of benzene rings is 1. The van der Waals surface area contributed by atoms with Crippen molar-refractivity contribution >= 4 is 5.91 Å². The number of likely N-dealkylation sites (tertiary alicyclic amines) is 1. The maximum atomic E-state index is 12.9. The van der Waals surface area contributed by atoms with Gasteiger partial charge in [-0.15, -0.1) is 0 Å². The van der Waals surface area contributed by atoms with E-state index >= 15 is 0 Å². The van der Waals surface area contributed by atoms with Crippen LogP contribution < -0.4 is 4.74 Å². The van der Waals surface area contributed by atoms with Gasteiger partial charge in [0.2, 0.25) is 0 Å². The van der Waals surface area contributed by atoms with Crippen LogP contribution in [-0.4, -0.2) is 45.1 Å². The van der Waals surface area contributed by atoms with Crippen molar-refractivity contribution in [1.82, 2.24) is 20.0 Å². The second kappa shape index (κ2) is 7.53. The van der Waals surface area contributed by atoms with Gasteiger partial charge in [0.1, 0.15) is 6.10 Å². The average molecular weight is 368 g/mol. The van der Waals surface area contributed by atoms with Crippen LogP contribution in [0.4, 0.5) is 4.39 Å². The number of carbonyl (C=O) groups is 1. The van der Waals surface area contributed by atoms with Crippen molar-refractivity contribution in [3.63, 3.8) is 0 Å². The van der Waals surface area contributed by atoms with Crippen LogP contribution in [0.1, 0.15) is 23.3 Å². The van der Waals surface area contributed by atoms with Crippen LogP contribution in [0.25, 0.3) is 11.3 Å². The molecular formula is C19H17FN4O3. The molecule has 1 aliphatic rings. The van der Waals surface area contributed by atoms with Crippen molar-refractivity contribution in [2.24, 2.45) is 0 Å². The van der Waals surface area contributed by atoms with Gasteiger partial charge in [0.15, 0.2) is 17.3 Å². The normalized spacial score (nSPS) is 16.9. The van der Waals surface area contributed by atoms with Gasteiger partial charge in [0, 0.05) is 18.2 Å². The number of rotatable bonds is 4. The topological polar surface area (TPSA) is 81.4 Å². The predicted molar refractivity (Wildman–Crippen MR) is 93.5 cm³/mol. The molecule has 138 valence electrons. The largest absolute Gasteiger partial charge is 0.458 e. The molecule has 1 saturated heterocycles. The highest BCUT2D eigenvalue weighted by Crippen LogP contribution is 2.22. The first-order valence-corrected chi connectivity index (χ1v) is 8.64. The Hall–Kier alpha value is -3.29. The minimum absolute atomic E-state index is 0.100. The molecule has 7 nitrogen and oxygen atoms in total. The number of piperidine rings is 1. The number of hydrogen-bond acceptors (Lipinski definition) is 6. The van der Waals surface area contributed by atoms with Crippen LogP contribution in [-0.2, 0) is 0 Å². The molecule has 4 rings (SSSR count). The number of ether oxygens (including phenoxy) is 1. The van der Waals surface area contributed by atoms with Gasteiger partial charge in [-0.1, -0.05) is 35.5 Å². The van der Waals surface area contributed by atoms with Crippen molar-refractivity contribution in [2.75, 3.05) is 13.1 Å². The smallest absolute Gasteiger partial charge is 0.316 e. The van der Waals surface area contributed by atoms with Gasteiger partial charge in [-0.2, -0.15) is 0 Å². The Balaban J connectivity index is 1.43. The van der Waals surface area contributed by atoms with E-state index in [0.717, 1.165) is 30.8 Å². The molecule has 2 aromatic heterocycles. The number of hydrogen-bond donors (Lipinski definition) is 0. The van der Waals surface area contributed by atoms with Gasteiger partial charge < -0.3 is 14.2 Å². The van der Waals surface area contributed by atoms with Crippen LogP contribution in [0, 0.1) is 5.82 Å². The van der Waals surface area contributed by atoms with E-state index in [1.54, 1.807) is 11.0 Å². The molecule has 0 bridgehead atoms. The Morgan fingerprint density at radius 2 is 2.00 bits per heavy atom. The fraction of sp³-hybridized carbons (Fsp3) is 0.263. The van der Waals surface area contributed by atoms with E-state index < -0.39 is 5.82 Å². The molecule has 1 fully saturated rings. The number of amides is 1. The van der Waals surface area contributed by atoms with Crippen molar-refractivity contribution < 1.29 is 18.4 Å². The fourth-order valence-electron chi connectivity index (χ4n) is 3.01. The van der Waals surface area contributed by atoms with Crippen molar-refractivity contribution in [3.8, 4) is 17.3 Å². The van der Waals surface area contributed by atoms with Gasteiger partial charge in [-0.05, 0) is 12.8 Å². The summed E-state index contributed by atoms with van der Waals surface area (Å²) in [6.07, 6.45) is 3.39. The Bertz CT molecular complexity index is 914. The third-order valence-corrected chi connectivity index (χ3v) is 4.32. The molecule has 0 radical (unpaired) electrons. The molecule has 3 aromatic rings. The third kappa shape index (κ3) is 3.94. The number of halogens is 1. The van der Waals surface area contributed by atoms with Crippen LogP contribution in [0.5, 0.6) is 6.01 Å². The molecule has 3 heterocycles. The van der Waals surface area contributed by atoms with Crippen molar-refractivity contribution in [1.29, 1.82) is 0 Å². The molecule has 1 atom stereocenters. The van der Waals surface area contributed by atoms with Crippen molar-refractivity contribution in [2.45, 2.75) is 18.9 Å². The Morgan fingerprint density at radius 3 is 2.78 bits per heavy atom. The Morgan fingerprint density at radius 1 is 1.22 bits per heavy atom. The minimum atomic E-state index is -0.525. The van der Waals surface area contributed by atoms with E-state index in [-0.39, 0.29) is 23.7 Å². The van der Waals surface area contributed by atoms with Crippen LogP contribution in [0.3, 0.4) is 0 Å². The summed E-state index contributed by atoms with van der Waals surface area (Å²) in [6.45, 7) is 0.990. The summed E-state index contributed by atoms with van der Waals surface area (Å²) < 4.78 is 23.9. The SMILES string of the molecule is O=C(c1cc(-c2ccccc2)on1)N1CCC[C@H](Oc2ncc(F)cn2)C1. The zero-order valence-electron chi connectivity index (χ0n) is 14.4. The summed E-state index contributed by atoms with van der Waals surface area (Å²) in [5.74, 6) is -0.194. The standard InChI is InChI=1S/C19H17FN4O3/c20-14-10-21-19(22-11-14)26-15-7-4-8-24(12-15)18(25)16-9-17(27-23-16)13-5-2-1-3-6-13/h1-3,5-6,9-11,15H,4,7-8,12H2/t15-/m0/s1. The molecule has 0 spiro atoms. The lowest BCUT2D eigenvalue weighted by molar-refractivity contribution is 0.0506. The van der Waals surface area contributed by atoms with Gasteiger partial charge in [0.25, 0.3) is 5.91 Å². The number of aromatic nitrogens is 3. The lowest BCUT2D eigenvalue weighted by atomic mass is 10.1. The molecule has 0 N–H and O–H groups in total. The Labute approximate surface area is 154 Å². The van der Waals surface area contributed by atoms with Crippen LogP contribution in [0.2, 0.25) is 0 Å². The summed E-state index contributed by atoms with van der Waals surface area (Å²) in [6, 6.07) is 11.2. The first-order valence-electron chi connectivity index (χ1n) is 8.64. The number of carbonyl (C=O) groups excluding carboxylic acids is 1. The summed E-state index contributed by atoms with van der Waals surface area (Å²) in [4.78, 5) is 22.0. The fourth-order valence-corrected chi connectivity index (χ4v) is 3.01. The number of nitrogens with zero attached hydrogens (tertiary/aromatic N) is 4. The minimum Gasteiger partial charge on any atom is -0.458 e. The van der Waals surface area contributed by atoms with Crippen LogP contribution >= 0.6 is 0 Å². The average Bonchev–Trinajstić information content (AvgIpc) is 3.20. The van der Waals surface area contributed by atoms with Gasteiger partial charge in [-0.3, -0.25) is 4.79 Å². The molecule has 1 aromatic carbocycles. The van der Waals surface area contributed by atoms with E-state index in [2.05, 4.69) is 15.1 Å². The first kappa shape index (κ1) is 17.1. The molecule has 0 unspecified atom stereocenters. The zero-order valence-corrected chi connectivity index (χ0v) is 14.4. The maximum Gasteiger partial charge on any atom is 0.316 e. The Kier molecular flexibility index (Phi) is 4.78. The highest BCUT2D eigenvalue weighted by Gasteiger charge is 2.28. The summed E-state index contributed by atoms with van der Waals surface area (Å²) in [5.41, 5.74) is 1.12. The second-order valence-corrected chi connectivity index (χ2v) is 6.26. The van der Waals surface area contributed by atoms with E-state index in [1.807, 2.05) is 30.3 Å². The van der Waals surface area contributed by atoms with E-state index in [1.165, 1.54) is 0 Å². The summed E-state index contributed by atoms with van der Waals surface area (Å²) >= 11 is 0. The second-order valence-electron chi connectivity index (χ2n) is 6.26. The predicted octanol–water partition coefficient (Wildman–Crippen LogP) is 2.95. The molecular weight excluding hydrogens is 351 g/mol. The van der Waals surface area contributed by atoms with Crippen LogP contribution in [0.15, 0.2) is 53.3 Å². The first-order chi connectivity index (χ1) is 13.2. The van der Waals surface area contributed by atoms with Gasteiger partial charge in [0.05, 0.1) is 18.9 Å². The summed E-state index contributed by atoms with van der Waals surface area (Å²) in [7, 11) is 0. The zero-order chi connectivity index (χ0) is 18.6. The summed E-state index contributed by atoms with van der Waals surface area (Å²) in [5, 5.41) is 3.91. The molecule has 8 heteroatoms. The third-order valence-electron chi connectivity index (χ3n) is 4.32. The molecule has 0 aliphatic carbocycles. The molecule has 1 aliphatic heterocycles. The molecule has 0 saturated carbocycles. The quantitative estimate of drug-likeness (QED) is 0.704. The highest BCUT2D eigenvalue weighted by atomic mass is 19.1. The monoisotopic (exact) mass is 368 g/mol. The van der Waals surface area contributed by atoms with E-state index in [0.29, 0.717) is 18.8 Å². The maximum absolute atomic E-state index is 12.9. The lowest BCUT2D eigenvalue weighted by Gasteiger charge is -2.31. The molecule has 1 amide bonds. The van der Waals surface area contributed by atoms with Gasteiger partial charge in [-0.25, -0.2) is 14.4 Å². The van der Waals surface area contributed by atoms with Gasteiger partial charge >= 0.3 is 6.01 Å². The lowest BCUT2D eigenvalue weighted by Crippen LogP contribution is -2.44. The van der Waals surface area contributed by atoms with Crippen molar-refractivity contribution in [3.05, 3.63) is 60.3 Å². The van der Waals surface area contributed by atoms with E-state index in [4.69, 9.17) is 9.26 Å². The highest BCUT2D eigenvalue weighted by molar-refractivity contribution is 5.93. The molecule has 27 heavy (non-hydrogen) atoms.